The van der Waals surface area contributed by atoms with Gasteiger partial charge in [-0.2, -0.15) is 0 Å². The normalized spacial score (nSPS) is 9.36. The molecule has 0 bridgehead atoms. The van der Waals surface area contributed by atoms with Gasteiger partial charge in [-0.1, -0.05) is 0 Å². The molecule has 0 saturated heterocycles. The second kappa shape index (κ2) is 5.93. The number of hydrogen-bond acceptors (Lipinski definition) is 4. The maximum absolute atomic E-state index is 9.14. The predicted molar refractivity (Wildman–Crippen MR) is 31.8 cm³/mol. The Balaban J connectivity index is 0. The van der Waals surface area contributed by atoms with Gasteiger partial charge < -0.3 is 14.7 Å². The highest BCUT2D eigenvalue weighted by Gasteiger charge is 2.00. The molecule has 0 aromatic rings. The van der Waals surface area contributed by atoms with Crippen molar-refractivity contribution in [2.45, 2.75) is 0 Å². The molecule has 0 saturated carbocycles. The van der Waals surface area contributed by atoms with Gasteiger partial charge in [0.25, 0.3) is 12.8 Å². The first kappa shape index (κ1) is 12.8. The van der Waals surface area contributed by atoms with Crippen LogP contribution in [0, 0.1) is 10.1 Å². The third-order valence-corrected chi connectivity index (χ3v) is 0.194. The maximum Gasteiger partial charge on any atom is 0.466 e. The Morgan fingerprint density at radius 1 is 1.45 bits per heavy atom. The van der Waals surface area contributed by atoms with E-state index in [9.17, 15) is 0 Å². The SMILES string of the molecule is O=P(O)(O)O.O=[C]C[N+](=O)[O-]. The molecule has 8 nitrogen and oxygen atoms in total. The molecule has 0 aliphatic heterocycles. The van der Waals surface area contributed by atoms with Crippen LogP contribution in [0.15, 0.2) is 0 Å². The monoisotopic (exact) mass is 186 g/mol. The molecule has 0 aromatic heterocycles. The molecule has 11 heavy (non-hydrogen) atoms. The van der Waals surface area contributed by atoms with Crippen molar-refractivity contribution >= 4 is 14.1 Å². The average molecular weight is 186 g/mol. The first-order valence-corrected chi connectivity index (χ1v) is 3.59. The second-order valence-corrected chi connectivity index (χ2v) is 2.18. The quantitative estimate of drug-likeness (QED) is 0.269. The van der Waals surface area contributed by atoms with Gasteiger partial charge in [-0.15, -0.1) is 0 Å². The van der Waals surface area contributed by atoms with E-state index in [2.05, 4.69) is 0 Å². The molecular weight excluding hydrogens is 181 g/mol. The summed E-state index contributed by atoms with van der Waals surface area (Å²) >= 11 is 0. The van der Waals surface area contributed by atoms with Crippen LogP contribution in [0.2, 0.25) is 0 Å². The van der Waals surface area contributed by atoms with Gasteiger partial charge in [-0.3, -0.25) is 14.9 Å². The fraction of sp³-hybridized carbons (Fsp3) is 0.500. The number of phosphoric acid groups is 1. The maximum atomic E-state index is 9.14. The van der Waals surface area contributed by atoms with Crippen LogP contribution in [0.1, 0.15) is 0 Å². The number of hydrogen-bond donors (Lipinski definition) is 3. The van der Waals surface area contributed by atoms with Crippen molar-refractivity contribution in [3.63, 3.8) is 0 Å². The van der Waals surface area contributed by atoms with Crippen molar-refractivity contribution in [2.24, 2.45) is 0 Å². The van der Waals surface area contributed by atoms with Gasteiger partial charge >= 0.3 is 7.82 Å². The highest BCUT2D eigenvalue weighted by atomic mass is 31.2. The molecule has 9 heteroatoms. The van der Waals surface area contributed by atoms with Crippen molar-refractivity contribution in [1.29, 1.82) is 0 Å². The van der Waals surface area contributed by atoms with E-state index in [4.69, 9.17) is 34.2 Å². The molecule has 65 valence electrons. The van der Waals surface area contributed by atoms with Crippen LogP contribution in [-0.2, 0) is 9.36 Å². The zero-order valence-electron chi connectivity index (χ0n) is 5.08. The average Bonchev–Trinajstić information content (AvgIpc) is 1.58. The van der Waals surface area contributed by atoms with E-state index in [-0.39, 0.29) is 0 Å². The summed E-state index contributed by atoms with van der Waals surface area (Å²) in [5.74, 6) is 0. The first-order chi connectivity index (χ1) is 4.77. The van der Waals surface area contributed by atoms with E-state index in [1.165, 1.54) is 0 Å². The van der Waals surface area contributed by atoms with Crippen LogP contribution in [-0.4, -0.2) is 32.4 Å². The number of carbonyl (C=O) groups excluding carboxylic acids is 1. The summed E-state index contributed by atoms with van der Waals surface area (Å²) in [5.41, 5.74) is 0. The van der Waals surface area contributed by atoms with Crippen molar-refractivity contribution in [3.05, 3.63) is 10.1 Å². The van der Waals surface area contributed by atoms with E-state index >= 15 is 0 Å². The Kier molecular flexibility index (Phi) is 6.91. The third-order valence-electron chi connectivity index (χ3n) is 0.194. The molecule has 0 fully saturated rings. The number of nitro groups is 1. The van der Waals surface area contributed by atoms with E-state index in [1.807, 2.05) is 0 Å². The fourth-order valence-electron chi connectivity index (χ4n) is 0.0527. The topological polar surface area (TPSA) is 138 Å². The smallest absolute Gasteiger partial charge is 0.303 e. The molecule has 3 N–H and O–H groups in total. The predicted octanol–water partition coefficient (Wildman–Crippen LogP) is -1.56. The van der Waals surface area contributed by atoms with Crippen LogP contribution in [0.5, 0.6) is 0 Å². The summed E-state index contributed by atoms with van der Waals surface area (Å²) in [6.07, 6.45) is 1.12. The lowest BCUT2D eigenvalue weighted by Crippen LogP contribution is -1.99. The number of nitrogens with zero attached hydrogens (tertiary/aromatic N) is 1. The Morgan fingerprint density at radius 3 is 1.73 bits per heavy atom. The summed E-state index contributed by atoms with van der Waals surface area (Å²) < 4.78 is 8.88. The van der Waals surface area contributed by atoms with E-state index in [1.54, 1.807) is 0 Å². The van der Waals surface area contributed by atoms with E-state index in [0.29, 0.717) is 0 Å². The van der Waals surface area contributed by atoms with Crippen molar-refractivity contribution in [1.82, 2.24) is 0 Å². The third kappa shape index (κ3) is 99.6. The summed E-state index contributed by atoms with van der Waals surface area (Å²) in [5, 5.41) is 9.14. The summed E-state index contributed by atoms with van der Waals surface area (Å²) in [6.45, 7) is -0.708. The molecule has 0 spiro atoms. The van der Waals surface area contributed by atoms with Gasteiger partial charge in [0.15, 0.2) is 0 Å². The van der Waals surface area contributed by atoms with Gasteiger partial charge in [0.1, 0.15) is 0 Å². The molecule has 0 unspecified atom stereocenters. The molecule has 0 aliphatic carbocycles. The Hall–Kier alpha value is -0.820. The van der Waals surface area contributed by atoms with Crippen LogP contribution >= 0.6 is 7.82 Å². The van der Waals surface area contributed by atoms with Crippen LogP contribution in [0.25, 0.3) is 0 Å². The summed E-state index contributed by atoms with van der Waals surface area (Å²) in [7, 11) is -4.64. The van der Waals surface area contributed by atoms with Gasteiger partial charge in [0.2, 0.25) is 0 Å². The Labute approximate surface area is 60.9 Å². The van der Waals surface area contributed by atoms with Crippen molar-refractivity contribution in [2.75, 3.05) is 6.54 Å². The fourth-order valence-corrected chi connectivity index (χ4v) is 0.0527. The lowest BCUT2D eigenvalue weighted by molar-refractivity contribution is -0.462. The molecule has 0 aromatic carbocycles. The van der Waals surface area contributed by atoms with Gasteiger partial charge in [-0.05, 0) is 0 Å². The van der Waals surface area contributed by atoms with Crippen molar-refractivity contribution < 1.29 is 29.0 Å². The van der Waals surface area contributed by atoms with Gasteiger partial charge in [0.05, 0.1) is 0 Å². The summed E-state index contributed by atoms with van der Waals surface area (Å²) in [6, 6.07) is 0. The molecule has 0 aliphatic rings. The van der Waals surface area contributed by atoms with E-state index in [0.717, 1.165) is 6.29 Å². The zero-order chi connectivity index (χ0) is 9.49. The van der Waals surface area contributed by atoms with Crippen molar-refractivity contribution in [3.8, 4) is 0 Å². The Bertz CT molecular complexity index is 163. The highest BCUT2D eigenvalue weighted by molar-refractivity contribution is 7.45. The molecule has 1 radical (unpaired) electrons. The van der Waals surface area contributed by atoms with Crippen LogP contribution in [0.4, 0.5) is 0 Å². The largest absolute Gasteiger partial charge is 0.466 e. The second-order valence-electron chi connectivity index (χ2n) is 1.15. The van der Waals surface area contributed by atoms with Gasteiger partial charge in [-0.25, -0.2) is 4.57 Å². The lowest BCUT2D eigenvalue weighted by Gasteiger charge is -1.82. The minimum Gasteiger partial charge on any atom is -0.303 e. The zero-order valence-corrected chi connectivity index (χ0v) is 5.97. The minimum atomic E-state index is -4.64. The molecular formula is C2H5NO7P. The van der Waals surface area contributed by atoms with Crippen LogP contribution in [0.3, 0.4) is 0 Å². The molecule has 0 amide bonds. The number of rotatable bonds is 2. The minimum absolute atomic E-state index is 0.708. The standard InChI is InChI=1S/C2H2NO3.H3O4P/c4-2-1-3(5)6;1-5(2,3)4/h1H2;(H3,1,2,3,4). The Morgan fingerprint density at radius 2 is 1.73 bits per heavy atom. The summed E-state index contributed by atoms with van der Waals surface area (Å²) in [4.78, 5) is 39.0. The molecule has 0 atom stereocenters. The lowest BCUT2D eigenvalue weighted by atomic mass is 10.8. The molecule has 0 heterocycles. The molecule has 0 rings (SSSR count). The van der Waals surface area contributed by atoms with E-state index < -0.39 is 19.3 Å². The first-order valence-electron chi connectivity index (χ1n) is 2.02. The van der Waals surface area contributed by atoms with Crippen LogP contribution < -0.4 is 0 Å². The highest BCUT2D eigenvalue weighted by Crippen LogP contribution is 2.25. The van der Waals surface area contributed by atoms with Gasteiger partial charge in [0, 0.05) is 4.92 Å².